The van der Waals surface area contributed by atoms with Crippen molar-refractivity contribution in [2.75, 3.05) is 0 Å². The summed E-state index contributed by atoms with van der Waals surface area (Å²) in [5.74, 6) is 0. The molecule has 2 aromatic heterocycles. The molecule has 2 heteroatoms. The SMILES string of the molecule is c1ccc(-c2cccc(-c3ccc4c5ccccc5n(-c5ccccc5)c4c3)c2-c2c3ccccc3c(-c3ccc4oc5ccccc5c4c3)c3ccccc23)cc1. The second-order valence-corrected chi connectivity index (χ2v) is 15.2. The fraction of sp³-hybridized carbons (Fsp3) is 0. The van der Waals surface area contributed by atoms with Crippen LogP contribution in [0.2, 0.25) is 0 Å². The average Bonchev–Trinajstić information content (AvgIpc) is 3.83. The predicted molar refractivity (Wildman–Crippen MR) is 245 cm³/mol. The van der Waals surface area contributed by atoms with Gasteiger partial charge in [0.2, 0.25) is 0 Å². The number of furan rings is 1. The highest BCUT2D eigenvalue weighted by atomic mass is 16.3. The zero-order valence-corrected chi connectivity index (χ0v) is 31.6. The molecular weight excluding hydrogens is 703 g/mol. The maximum Gasteiger partial charge on any atom is 0.135 e. The fourth-order valence-corrected chi connectivity index (χ4v) is 9.50. The van der Waals surface area contributed by atoms with Crippen molar-refractivity contribution in [3.8, 4) is 50.2 Å². The van der Waals surface area contributed by atoms with Gasteiger partial charge in [-0.25, -0.2) is 0 Å². The lowest BCUT2D eigenvalue weighted by Crippen LogP contribution is -1.96. The van der Waals surface area contributed by atoms with Gasteiger partial charge in [-0.3, -0.25) is 0 Å². The molecule has 0 atom stereocenters. The van der Waals surface area contributed by atoms with Crippen molar-refractivity contribution in [2.45, 2.75) is 0 Å². The van der Waals surface area contributed by atoms with Crippen molar-refractivity contribution in [1.29, 1.82) is 0 Å². The van der Waals surface area contributed by atoms with E-state index >= 15 is 0 Å². The molecule has 12 rings (SSSR count). The summed E-state index contributed by atoms with van der Waals surface area (Å²) in [6.07, 6.45) is 0. The summed E-state index contributed by atoms with van der Waals surface area (Å²) >= 11 is 0. The van der Waals surface area contributed by atoms with Crippen LogP contribution in [0.5, 0.6) is 0 Å². The number of para-hydroxylation sites is 3. The van der Waals surface area contributed by atoms with Gasteiger partial charge in [0.15, 0.2) is 0 Å². The minimum atomic E-state index is 0.903. The Bertz CT molecular complexity index is 3500. The molecule has 2 nitrogen and oxygen atoms in total. The van der Waals surface area contributed by atoms with E-state index in [9.17, 15) is 0 Å². The van der Waals surface area contributed by atoms with Gasteiger partial charge >= 0.3 is 0 Å². The molecule has 0 fully saturated rings. The van der Waals surface area contributed by atoms with Crippen molar-refractivity contribution < 1.29 is 4.42 Å². The summed E-state index contributed by atoms with van der Waals surface area (Å²) in [5, 5.41) is 9.63. The molecule has 0 saturated carbocycles. The van der Waals surface area contributed by atoms with E-state index in [0.29, 0.717) is 0 Å². The monoisotopic (exact) mass is 737 g/mol. The molecule has 2 heterocycles. The van der Waals surface area contributed by atoms with E-state index < -0.39 is 0 Å². The number of hydrogen-bond donors (Lipinski definition) is 0. The molecule has 0 unspecified atom stereocenters. The molecule has 12 aromatic rings. The lowest BCUT2D eigenvalue weighted by Gasteiger charge is -2.22. The molecule has 0 radical (unpaired) electrons. The first kappa shape index (κ1) is 32.6. The number of benzene rings is 10. The topological polar surface area (TPSA) is 18.1 Å². The molecule has 0 bridgehead atoms. The fourth-order valence-electron chi connectivity index (χ4n) is 9.50. The van der Waals surface area contributed by atoms with E-state index in [2.05, 4.69) is 211 Å². The molecule has 10 aromatic carbocycles. The third kappa shape index (κ3) is 4.92. The van der Waals surface area contributed by atoms with Crippen LogP contribution in [-0.4, -0.2) is 4.57 Å². The number of hydrogen-bond acceptors (Lipinski definition) is 1. The van der Waals surface area contributed by atoms with E-state index in [1.807, 2.05) is 6.07 Å². The molecule has 0 aliphatic carbocycles. The van der Waals surface area contributed by atoms with Crippen LogP contribution in [0.1, 0.15) is 0 Å². The van der Waals surface area contributed by atoms with Crippen LogP contribution in [0, 0.1) is 0 Å². The molecule has 58 heavy (non-hydrogen) atoms. The molecule has 0 spiro atoms. The predicted octanol–water partition coefficient (Wildman–Crippen LogP) is 15.7. The minimum absolute atomic E-state index is 0.903. The number of rotatable bonds is 5. The van der Waals surface area contributed by atoms with Gasteiger partial charge in [-0.1, -0.05) is 170 Å². The summed E-state index contributed by atoms with van der Waals surface area (Å²) in [6.45, 7) is 0. The highest BCUT2D eigenvalue weighted by molar-refractivity contribution is 6.24. The van der Waals surface area contributed by atoms with Crippen molar-refractivity contribution in [3.05, 3.63) is 212 Å². The van der Waals surface area contributed by atoms with Gasteiger partial charge in [-0.2, -0.15) is 0 Å². The Kier molecular flexibility index (Phi) is 7.26. The maximum atomic E-state index is 6.28. The third-order valence-corrected chi connectivity index (χ3v) is 12.0. The van der Waals surface area contributed by atoms with E-state index in [4.69, 9.17) is 4.42 Å². The van der Waals surface area contributed by atoms with Crippen molar-refractivity contribution in [2.24, 2.45) is 0 Å². The normalized spacial score (nSPS) is 11.8. The van der Waals surface area contributed by atoms with Crippen LogP contribution >= 0.6 is 0 Å². The first-order valence-electron chi connectivity index (χ1n) is 19.9. The van der Waals surface area contributed by atoms with Crippen molar-refractivity contribution in [1.82, 2.24) is 4.57 Å². The lowest BCUT2D eigenvalue weighted by molar-refractivity contribution is 0.669. The quantitative estimate of drug-likeness (QED) is 0.161. The molecule has 0 aliphatic heterocycles. The maximum absolute atomic E-state index is 6.28. The molecule has 0 saturated heterocycles. The van der Waals surface area contributed by atoms with Gasteiger partial charge in [0.05, 0.1) is 11.0 Å². The van der Waals surface area contributed by atoms with Gasteiger partial charge in [0, 0.05) is 27.2 Å². The first-order valence-corrected chi connectivity index (χ1v) is 19.9. The Morgan fingerprint density at radius 2 is 0.810 bits per heavy atom. The van der Waals surface area contributed by atoms with E-state index in [-0.39, 0.29) is 0 Å². The molecule has 0 amide bonds. The largest absolute Gasteiger partial charge is 0.456 e. The number of nitrogens with zero attached hydrogens (tertiary/aromatic N) is 1. The minimum Gasteiger partial charge on any atom is -0.456 e. The van der Waals surface area contributed by atoms with E-state index in [0.717, 1.165) is 27.6 Å². The van der Waals surface area contributed by atoms with Gasteiger partial charge in [-0.15, -0.1) is 0 Å². The summed E-state index contributed by atoms with van der Waals surface area (Å²) in [5.41, 5.74) is 15.0. The average molecular weight is 738 g/mol. The van der Waals surface area contributed by atoms with Crippen LogP contribution in [0.15, 0.2) is 217 Å². The van der Waals surface area contributed by atoms with E-state index in [1.165, 1.54) is 87.9 Å². The number of aromatic nitrogens is 1. The Hall–Kier alpha value is -7.68. The smallest absolute Gasteiger partial charge is 0.135 e. The van der Waals surface area contributed by atoms with Crippen LogP contribution in [-0.2, 0) is 0 Å². The summed E-state index contributed by atoms with van der Waals surface area (Å²) in [7, 11) is 0. The lowest BCUT2D eigenvalue weighted by atomic mass is 9.81. The molecule has 270 valence electrons. The summed E-state index contributed by atoms with van der Waals surface area (Å²) in [6, 6.07) is 77.2. The van der Waals surface area contributed by atoms with Crippen molar-refractivity contribution in [3.63, 3.8) is 0 Å². The third-order valence-electron chi connectivity index (χ3n) is 12.0. The van der Waals surface area contributed by atoms with Crippen LogP contribution in [0.4, 0.5) is 0 Å². The molecule has 0 aliphatic rings. The highest BCUT2D eigenvalue weighted by Gasteiger charge is 2.23. The Morgan fingerprint density at radius 1 is 0.276 bits per heavy atom. The molecule has 0 N–H and O–H groups in total. The summed E-state index contributed by atoms with van der Waals surface area (Å²) in [4.78, 5) is 0. The van der Waals surface area contributed by atoms with Crippen LogP contribution < -0.4 is 0 Å². The zero-order valence-electron chi connectivity index (χ0n) is 31.6. The Balaban J connectivity index is 1.18. The van der Waals surface area contributed by atoms with E-state index in [1.54, 1.807) is 0 Å². The van der Waals surface area contributed by atoms with Gasteiger partial charge in [-0.05, 0) is 109 Å². The first-order chi connectivity index (χ1) is 28.8. The highest BCUT2D eigenvalue weighted by Crippen LogP contribution is 2.50. The second-order valence-electron chi connectivity index (χ2n) is 15.2. The summed E-state index contributed by atoms with van der Waals surface area (Å²) < 4.78 is 8.69. The second kappa shape index (κ2) is 12.9. The number of fused-ring (bicyclic) bond motifs is 8. The van der Waals surface area contributed by atoms with Gasteiger partial charge in [0.25, 0.3) is 0 Å². The molecular formula is C56H35NO. The Labute approximate surface area is 335 Å². The Morgan fingerprint density at radius 3 is 1.53 bits per heavy atom. The van der Waals surface area contributed by atoms with Crippen LogP contribution in [0.3, 0.4) is 0 Å². The standard InChI is InChI=1S/C56H35NO/c1-3-16-36(17-4-1)40-26-15-27-41(37-30-32-43-42-20-11-13-28-50(42)57(51(43)35-37)39-18-5-2-6-19-39)55(40)56-47-24-9-7-22-45(47)54(46-23-8-10-25-48(46)56)38-31-33-53-49(34-38)44-21-12-14-29-52(44)58-53/h1-35H. The van der Waals surface area contributed by atoms with Crippen LogP contribution in [0.25, 0.3) is 115 Å². The van der Waals surface area contributed by atoms with Crippen molar-refractivity contribution >= 4 is 65.3 Å². The zero-order chi connectivity index (χ0) is 38.2. The van der Waals surface area contributed by atoms with Gasteiger partial charge in [0.1, 0.15) is 11.2 Å². The van der Waals surface area contributed by atoms with Gasteiger partial charge < -0.3 is 8.98 Å².